The first-order valence-electron chi connectivity index (χ1n) is 4.72. The van der Waals surface area contributed by atoms with E-state index in [-0.39, 0.29) is 18.2 Å². The summed E-state index contributed by atoms with van der Waals surface area (Å²) >= 11 is 0. The molecule has 0 aliphatic heterocycles. The molecule has 72 valence electrons. The summed E-state index contributed by atoms with van der Waals surface area (Å²) in [4.78, 5) is 0. The third-order valence-corrected chi connectivity index (χ3v) is 2.68. The number of hydrogen-bond donors (Lipinski definition) is 3. The Morgan fingerprint density at radius 2 is 2.17 bits per heavy atom. The monoisotopic (exact) mass is 173 g/mol. The Kier molecular flexibility index (Phi) is 3.50. The lowest BCUT2D eigenvalue weighted by Crippen LogP contribution is -2.54. The highest BCUT2D eigenvalue weighted by Gasteiger charge is 2.35. The molecule has 0 heterocycles. The molecular formula is C9H19NO2. The summed E-state index contributed by atoms with van der Waals surface area (Å²) in [6, 6.07) is 0. The van der Waals surface area contributed by atoms with Gasteiger partial charge in [0.05, 0.1) is 12.7 Å². The van der Waals surface area contributed by atoms with Gasteiger partial charge in [-0.3, -0.25) is 0 Å². The van der Waals surface area contributed by atoms with E-state index in [4.69, 9.17) is 10.2 Å². The zero-order valence-corrected chi connectivity index (χ0v) is 7.71. The molecule has 3 nitrogen and oxygen atoms in total. The Bertz CT molecular complexity index is 127. The molecule has 1 aliphatic carbocycles. The summed E-state index contributed by atoms with van der Waals surface area (Å²) in [6.45, 7) is 2.82. The second-order valence-electron chi connectivity index (χ2n) is 3.86. The molecule has 3 N–H and O–H groups in total. The van der Waals surface area contributed by atoms with Crippen LogP contribution in [-0.4, -0.2) is 35.0 Å². The van der Waals surface area contributed by atoms with Gasteiger partial charge in [0, 0.05) is 5.54 Å². The molecule has 1 fully saturated rings. The summed E-state index contributed by atoms with van der Waals surface area (Å²) in [6.07, 6.45) is 3.88. The number of aliphatic hydroxyl groups excluding tert-OH is 2. The van der Waals surface area contributed by atoms with Gasteiger partial charge in [-0.1, -0.05) is 0 Å². The maximum atomic E-state index is 9.08. The van der Waals surface area contributed by atoms with Crippen molar-refractivity contribution in [2.75, 3.05) is 13.2 Å². The third kappa shape index (κ3) is 2.44. The summed E-state index contributed by atoms with van der Waals surface area (Å²) in [5.41, 5.74) is -0.00507. The van der Waals surface area contributed by atoms with Gasteiger partial charge >= 0.3 is 0 Å². The lowest BCUT2D eigenvalue weighted by Gasteiger charge is -2.41. The molecule has 0 spiro atoms. The van der Waals surface area contributed by atoms with Crippen molar-refractivity contribution in [2.45, 2.75) is 44.2 Å². The van der Waals surface area contributed by atoms with Crippen molar-refractivity contribution < 1.29 is 10.2 Å². The largest absolute Gasteiger partial charge is 0.394 e. The van der Waals surface area contributed by atoms with E-state index in [1.807, 2.05) is 0 Å². The molecule has 0 aromatic rings. The van der Waals surface area contributed by atoms with Crippen molar-refractivity contribution in [3.8, 4) is 0 Å². The van der Waals surface area contributed by atoms with Crippen LogP contribution >= 0.6 is 0 Å². The zero-order valence-electron chi connectivity index (χ0n) is 7.71. The molecule has 0 bridgehead atoms. The highest BCUT2D eigenvalue weighted by molar-refractivity contribution is 4.95. The predicted molar refractivity (Wildman–Crippen MR) is 48.0 cm³/mol. The highest BCUT2D eigenvalue weighted by Crippen LogP contribution is 2.30. The van der Waals surface area contributed by atoms with Gasteiger partial charge in [-0.2, -0.15) is 0 Å². The number of nitrogens with one attached hydrogen (secondary N) is 1. The maximum Gasteiger partial charge on any atom is 0.0613 e. The summed E-state index contributed by atoms with van der Waals surface area (Å²) < 4.78 is 0. The van der Waals surface area contributed by atoms with E-state index in [0.717, 1.165) is 25.8 Å². The Morgan fingerprint density at radius 3 is 2.50 bits per heavy atom. The predicted octanol–water partition coefficient (Wildman–Crippen LogP) is 0.262. The fourth-order valence-electron chi connectivity index (χ4n) is 1.54. The van der Waals surface area contributed by atoms with Crippen molar-refractivity contribution in [2.24, 2.45) is 0 Å². The molecule has 0 aromatic carbocycles. The van der Waals surface area contributed by atoms with Crippen LogP contribution in [0.4, 0.5) is 0 Å². The van der Waals surface area contributed by atoms with Crippen LogP contribution in [0, 0.1) is 0 Å². The quantitative estimate of drug-likeness (QED) is 0.559. The minimum atomic E-state index is -0.242. The van der Waals surface area contributed by atoms with Crippen LogP contribution in [0.1, 0.15) is 32.6 Å². The second kappa shape index (κ2) is 4.21. The van der Waals surface area contributed by atoms with Crippen molar-refractivity contribution in [3.05, 3.63) is 0 Å². The molecule has 1 rings (SSSR count). The Hall–Kier alpha value is -0.120. The third-order valence-electron chi connectivity index (χ3n) is 2.68. The molecule has 1 aliphatic rings. The van der Waals surface area contributed by atoms with Crippen LogP contribution in [0.15, 0.2) is 0 Å². The van der Waals surface area contributed by atoms with E-state index < -0.39 is 0 Å². The van der Waals surface area contributed by atoms with Gasteiger partial charge < -0.3 is 15.5 Å². The average molecular weight is 173 g/mol. The van der Waals surface area contributed by atoms with E-state index in [1.54, 1.807) is 6.92 Å². The van der Waals surface area contributed by atoms with E-state index in [0.29, 0.717) is 0 Å². The zero-order chi connectivity index (χ0) is 9.03. The highest BCUT2D eigenvalue weighted by atomic mass is 16.3. The van der Waals surface area contributed by atoms with E-state index in [1.165, 1.54) is 6.42 Å². The van der Waals surface area contributed by atoms with E-state index >= 15 is 0 Å². The van der Waals surface area contributed by atoms with Gasteiger partial charge in [-0.25, -0.2) is 0 Å². The molecule has 0 saturated heterocycles. The maximum absolute atomic E-state index is 9.08. The number of aliphatic hydroxyl groups is 2. The summed E-state index contributed by atoms with van der Waals surface area (Å²) in [5.74, 6) is 0. The molecule has 12 heavy (non-hydrogen) atoms. The molecule has 0 radical (unpaired) electrons. The van der Waals surface area contributed by atoms with E-state index in [2.05, 4.69) is 5.32 Å². The lowest BCUT2D eigenvalue weighted by molar-refractivity contribution is 0.0830. The molecule has 3 heteroatoms. The topological polar surface area (TPSA) is 52.5 Å². The van der Waals surface area contributed by atoms with Gasteiger partial charge in [-0.15, -0.1) is 0 Å². The smallest absolute Gasteiger partial charge is 0.0613 e. The molecule has 0 aromatic heterocycles. The average Bonchev–Trinajstić information content (AvgIpc) is 1.94. The van der Waals surface area contributed by atoms with Crippen molar-refractivity contribution >= 4 is 0 Å². The number of rotatable bonds is 5. The first kappa shape index (κ1) is 9.96. The Labute approximate surface area is 73.8 Å². The molecular weight excluding hydrogens is 154 g/mol. The summed E-state index contributed by atoms with van der Waals surface area (Å²) in [5, 5.41) is 21.4. The van der Waals surface area contributed by atoms with Crippen LogP contribution in [0.3, 0.4) is 0 Å². The van der Waals surface area contributed by atoms with E-state index in [9.17, 15) is 0 Å². The van der Waals surface area contributed by atoms with Crippen LogP contribution in [0.2, 0.25) is 0 Å². The van der Waals surface area contributed by atoms with Crippen LogP contribution in [0.5, 0.6) is 0 Å². The van der Waals surface area contributed by atoms with Crippen LogP contribution in [-0.2, 0) is 0 Å². The molecule has 1 saturated carbocycles. The molecule has 1 atom stereocenters. The summed E-state index contributed by atoms with van der Waals surface area (Å²) in [7, 11) is 0. The fourth-order valence-corrected chi connectivity index (χ4v) is 1.54. The van der Waals surface area contributed by atoms with Gasteiger partial charge in [-0.05, 0) is 39.2 Å². The van der Waals surface area contributed by atoms with Crippen molar-refractivity contribution in [3.63, 3.8) is 0 Å². The van der Waals surface area contributed by atoms with Crippen molar-refractivity contribution in [1.82, 2.24) is 5.32 Å². The van der Waals surface area contributed by atoms with Crippen LogP contribution < -0.4 is 5.32 Å². The van der Waals surface area contributed by atoms with Gasteiger partial charge in [0.2, 0.25) is 0 Å². The van der Waals surface area contributed by atoms with Gasteiger partial charge in [0.1, 0.15) is 0 Å². The Balaban J connectivity index is 2.12. The standard InChI is InChI=1S/C9H19NO2/c1-8(12)3-6-10-9(7-11)4-2-5-9/h8,10-12H,2-7H2,1H3. The van der Waals surface area contributed by atoms with Crippen LogP contribution in [0.25, 0.3) is 0 Å². The lowest BCUT2D eigenvalue weighted by atomic mass is 9.77. The SMILES string of the molecule is CC(O)CCNC1(CO)CCC1. The van der Waals surface area contributed by atoms with Crippen molar-refractivity contribution in [1.29, 1.82) is 0 Å². The minimum absolute atomic E-state index is 0.00507. The molecule has 0 amide bonds. The fraction of sp³-hybridized carbons (Fsp3) is 1.00. The second-order valence-corrected chi connectivity index (χ2v) is 3.86. The normalized spacial score (nSPS) is 23.2. The molecule has 1 unspecified atom stereocenters. The Morgan fingerprint density at radius 1 is 1.50 bits per heavy atom. The minimum Gasteiger partial charge on any atom is -0.394 e. The van der Waals surface area contributed by atoms with Gasteiger partial charge in [0.25, 0.3) is 0 Å². The number of hydrogen-bond acceptors (Lipinski definition) is 3. The first-order chi connectivity index (χ1) is 5.68. The van der Waals surface area contributed by atoms with Gasteiger partial charge in [0.15, 0.2) is 0 Å². The first-order valence-corrected chi connectivity index (χ1v) is 4.72.